The highest BCUT2D eigenvalue weighted by Crippen LogP contribution is 2.09. The van der Waals surface area contributed by atoms with Crippen molar-refractivity contribution in [2.24, 2.45) is 0 Å². The van der Waals surface area contributed by atoms with Crippen molar-refractivity contribution in [3.8, 4) is 0 Å². The number of benzene rings is 1. The first-order valence-electron chi connectivity index (χ1n) is 6.83. The van der Waals surface area contributed by atoms with Gasteiger partial charge in [-0.1, -0.05) is 0 Å². The Morgan fingerprint density at radius 1 is 1.29 bits per heavy atom. The first kappa shape index (κ1) is 17.1. The minimum absolute atomic E-state index is 0.0269. The Labute approximate surface area is 123 Å². The third-order valence-corrected chi connectivity index (χ3v) is 3.06. The van der Waals surface area contributed by atoms with Crippen LogP contribution in [0.15, 0.2) is 18.2 Å². The second-order valence-corrected chi connectivity index (χ2v) is 5.04. The van der Waals surface area contributed by atoms with E-state index in [1.165, 1.54) is 6.92 Å². The Hall–Kier alpha value is -1.98. The Morgan fingerprint density at radius 2 is 1.95 bits per heavy atom. The van der Waals surface area contributed by atoms with E-state index in [1.807, 2.05) is 13.8 Å². The van der Waals surface area contributed by atoms with Gasteiger partial charge in [-0.2, -0.15) is 0 Å². The fourth-order valence-corrected chi connectivity index (χ4v) is 2.00. The third-order valence-electron chi connectivity index (χ3n) is 3.06. The highest BCUT2D eigenvalue weighted by atomic mass is 19.1. The number of amides is 2. The molecule has 0 atom stereocenters. The minimum atomic E-state index is -0.889. The van der Waals surface area contributed by atoms with E-state index in [4.69, 9.17) is 0 Å². The second kappa shape index (κ2) is 7.71. The summed E-state index contributed by atoms with van der Waals surface area (Å²) in [5.41, 5.74) is -0.191. The molecular weight excluding hydrogens is 278 g/mol. The number of halogens is 2. The molecule has 6 heteroatoms. The summed E-state index contributed by atoms with van der Waals surface area (Å²) in [4.78, 5) is 24.8. The predicted octanol–water partition coefficient (Wildman–Crippen LogP) is 2.34. The molecule has 1 N–H and O–H groups in total. The van der Waals surface area contributed by atoms with E-state index in [9.17, 15) is 18.4 Å². The van der Waals surface area contributed by atoms with Gasteiger partial charge >= 0.3 is 0 Å². The minimum Gasteiger partial charge on any atom is -0.352 e. The molecule has 4 nitrogen and oxygen atoms in total. The van der Waals surface area contributed by atoms with Crippen molar-refractivity contribution in [3.05, 3.63) is 35.4 Å². The predicted molar refractivity (Wildman–Crippen MR) is 75.8 cm³/mol. The maximum atomic E-state index is 13.4. The molecule has 0 aromatic heterocycles. The van der Waals surface area contributed by atoms with E-state index in [1.54, 1.807) is 4.90 Å². The van der Waals surface area contributed by atoms with Gasteiger partial charge in [-0.05, 0) is 32.4 Å². The second-order valence-electron chi connectivity index (χ2n) is 5.04. The molecule has 0 fully saturated rings. The molecule has 1 rings (SSSR count). The molecule has 116 valence electrons. The van der Waals surface area contributed by atoms with E-state index < -0.39 is 17.5 Å². The van der Waals surface area contributed by atoms with Gasteiger partial charge in [0.2, 0.25) is 5.91 Å². The third kappa shape index (κ3) is 5.13. The summed E-state index contributed by atoms with van der Waals surface area (Å²) in [7, 11) is 0. The van der Waals surface area contributed by atoms with Crippen LogP contribution in [0.4, 0.5) is 8.78 Å². The SMILES string of the molecule is CC(=O)N(CCCNC(=O)c1ccc(F)cc1F)C(C)C. The molecule has 0 saturated carbocycles. The van der Waals surface area contributed by atoms with Gasteiger partial charge < -0.3 is 10.2 Å². The lowest BCUT2D eigenvalue weighted by Crippen LogP contribution is -2.37. The van der Waals surface area contributed by atoms with Crippen LogP contribution in [0.25, 0.3) is 0 Å². The molecule has 0 spiro atoms. The van der Waals surface area contributed by atoms with Crippen molar-refractivity contribution in [3.63, 3.8) is 0 Å². The van der Waals surface area contributed by atoms with Gasteiger partial charge in [-0.25, -0.2) is 8.78 Å². The molecule has 0 unspecified atom stereocenters. The molecule has 0 heterocycles. The smallest absolute Gasteiger partial charge is 0.254 e. The van der Waals surface area contributed by atoms with Crippen LogP contribution in [-0.2, 0) is 4.79 Å². The van der Waals surface area contributed by atoms with Crippen molar-refractivity contribution in [1.29, 1.82) is 0 Å². The molecule has 21 heavy (non-hydrogen) atoms. The topological polar surface area (TPSA) is 49.4 Å². The van der Waals surface area contributed by atoms with Gasteiger partial charge in [0, 0.05) is 32.1 Å². The highest BCUT2D eigenvalue weighted by molar-refractivity contribution is 5.94. The molecule has 0 saturated heterocycles. The Morgan fingerprint density at radius 3 is 2.48 bits per heavy atom. The average Bonchev–Trinajstić information content (AvgIpc) is 2.37. The van der Waals surface area contributed by atoms with Gasteiger partial charge in [0.05, 0.1) is 5.56 Å². The lowest BCUT2D eigenvalue weighted by Gasteiger charge is -2.25. The molecule has 0 aliphatic carbocycles. The average molecular weight is 298 g/mol. The van der Waals surface area contributed by atoms with Gasteiger partial charge in [-0.15, -0.1) is 0 Å². The van der Waals surface area contributed by atoms with Gasteiger partial charge in [0.15, 0.2) is 0 Å². The summed E-state index contributed by atoms with van der Waals surface area (Å²) >= 11 is 0. The van der Waals surface area contributed by atoms with Crippen LogP contribution in [0.5, 0.6) is 0 Å². The number of hydrogen-bond acceptors (Lipinski definition) is 2. The normalized spacial score (nSPS) is 10.6. The molecule has 0 radical (unpaired) electrons. The summed E-state index contributed by atoms with van der Waals surface area (Å²) in [6.45, 7) is 6.14. The lowest BCUT2D eigenvalue weighted by atomic mass is 10.2. The van der Waals surface area contributed by atoms with Gasteiger partial charge in [-0.3, -0.25) is 9.59 Å². The standard InChI is InChI=1S/C15H20F2N2O2/c1-10(2)19(11(3)20)8-4-7-18-15(21)13-6-5-12(16)9-14(13)17/h5-6,9-10H,4,7-8H2,1-3H3,(H,18,21). The lowest BCUT2D eigenvalue weighted by molar-refractivity contribution is -0.130. The number of carbonyl (C=O) groups is 2. The van der Waals surface area contributed by atoms with Crippen molar-refractivity contribution in [1.82, 2.24) is 10.2 Å². The molecule has 0 bridgehead atoms. The van der Waals surface area contributed by atoms with Gasteiger partial charge in [0.1, 0.15) is 11.6 Å². The van der Waals surface area contributed by atoms with Crippen LogP contribution in [0.1, 0.15) is 37.6 Å². The van der Waals surface area contributed by atoms with Gasteiger partial charge in [0.25, 0.3) is 5.91 Å². The fraction of sp³-hybridized carbons (Fsp3) is 0.467. The number of hydrogen-bond donors (Lipinski definition) is 1. The fourth-order valence-electron chi connectivity index (χ4n) is 2.00. The summed E-state index contributed by atoms with van der Waals surface area (Å²) < 4.78 is 26.1. The maximum Gasteiger partial charge on any atom is 0.254 e. The molecule has 2 amide bonds. The summed E-state index contributed by atoms with van der Waals surface area (Å²) in [6, 6.07) is 2.91. The monoisotopic (exact) mass is 298 g/mol. The molecular formula is C15H20F2N2O2. The van der Waals surface area contributed by atoms with E-state index in [2.05, 4.69) is 5.32 Å². The zero-order valence-corrected chi connectivity index (χ0v) is 12.5. The first-order valence-corrected chi connectivity index (χ1v) is 6.83. The van der Waals surface area contributed by atoms with Crippen molar-refractivity contribution < 1.29 is 18.4 Å². The Bertz CT molecular complexity index is 518. The van der Waals surface area contributed by atoms with Crippen LogP contribution < -0.4 is 5.32 Å². The number of carbonyl (C=O) groups excluding carboxylic acids is 2. The molecule has 0 aliphatic rings. The van der Waals surface area contributed by atoms with Crippen LogP contribution in [0.3, 0.4) is 0 Å². The zero-order valence-electron chi connectivity index (χ0n) is 12.5. The molecule has 1 aromatic rings. The number of nitrogens with zero attached hydrogens (tertiary/aromatic N) is 1. The van der Waals surface area contributed by atoms with Crippen molar-refractivity contribution >= 4 is 11.8 Å². The maximum absolute atomic E-state index is 13.4. The van der Waals surface area contributed by atoms with E-state index in [-0.39, 0.29) is 17.5 Å². The summed E-state index contributed by atoms with van der Waals surface area (Å²) in [5.74, 6) is -2.23. The zero-order chi connectivity index (χ0) is 16.0. The Balaban J connectivity index is 2.45. The summed E-state index contributed by atoms with van der Waals surface area (Å²) in [6.07, 6.45) is 0.562. The number of rotatable bonds is 6. The molecule has 0 aliphatic heterocycles. The van der Waals surface area contributed by atoms with E-state index >= 15 is 0 Å². The van der Waals surface area contributed by atoms with E-state index in [0.717, 1.165) is 12.1 Å². The van der Waals surface area contributed by atoms with Crippen molar-refractivity contribution in [2.75, 3.05) is 13.1 Å². The van der Waals surface area contributed by atoms with Crippen molar-refractivity contribution in [2.45, 2.75) is 33.2 Å². The van der Waals surface area contributed by atoms with Crippen LogP contribution in [0, 0.1) is 11.6 Å². The largest absolute Gasteiger partial charge is 0.352 e. The first-order chi connectivity index (χ1) is 9.82. The van der Waals surface area contributed by atoms with E-state index in [0.29, 0.717) is 25.6 Å². The number of nitrogens with one attached hydrogen (secondary N) is 1. The van der Waals surface area contributed by atoms with Crippen LogP contribution in [-0.4, -0.2) is 35.8 Å². The molecule has 1 aromatic carbocycles. The Kier molecular flexibility index (Phi) is 6.27. The quantitative estimate of drug-likeness (QED) is 0.820. The van der Waals surface area contributed by atoms with Crippen LogP contribution in [0.2, 0.25) is 0 Å². The summed E-state index contributed by atoms with van der Waals surface area (Å²) in [5, 5.41) is 2.55. The highest BCUT2D eigenvalue weighted by Gasteiger charge is 2.14. The van der Waals surface area contributed by atoms with Crippen LogP contribution >= 0.6 is 0 Å².